The molecular formula is C29H23N. The molecule has 0 amide bonds. The third-order valence-corrected chi connectivity index (χ3v) is 5.60. The molecule has 0 aliphatic carbocycles. The van der Waals surface area contributed by atoms with E-state index in [4.69, 9.17) is 4.99 Å². The van der Waals surface area contributed by atoms with Crippen molar-refractivity contribution in [3.63, 3.8) is 0 Å². The van der Waals surface area contributed by atoms with Crippen LogP contribution in [-0.4, -0.2) is 6.21 Å². The molecule has 0 fully saturated rings. The minimum absolute atomic E-state index is 0.0251. The summed E-state index contributed by atoms with van der Waals surface area (Å²) >= 11 is 0. The van der Waals surface area contributed by atoms with Crippen LogP contribution < -0.4 is 0 Å². The molecule has 5 aromatic carbocycles. The van der Waals surface area contributed by atoms with E-state index in [9.17, 15) is 0 Å². The summed E-state index contributed by atoms with van der Waals surface area (Å²) in [6.45, 7) is 0. The molecule has 0 radical (unpaired) electrons. The van der Waals surface area contributed by atoms with Crippen LogP contribution >= 0.6 is 0 Å². The molecule has 0 aliphatic heterocycles. The first kappa shape index (κ1) is 18.3. The summed E-state index contributed by atoms with van der Waals surface area (Å²) < 4.78 is 0. The van der Waals surface area contributed by atoms with Crippen LogP contribution in [0.1, 0.15) is 22.7 Å². The van der Waals surface area contributed by atoms with Gasteiger partial charge in [0.2, 0.25) is 0 Å². The van der Waals surface area contributed by atoms with Crippen molar-refractivity contribution in [2.24, 2.45) is 4.99 Å². The molecule has 0 unspecified atom stereocenters. The fourth-order valence-electron chi connectivity index (χ4n) is 4.00. The van der Waals surface area contributed by atoms with Crippen molar-refractivity contribution in [3.05, 3.63) is 132 Å². The van der Waals surface area contributed by atoms with Gasteiger partial charge in [0.1, 0.15) is 0 Å². The summed E-state index contributed by atoms with van der Waals surface area (Å²) in [5.41, 5.74) is 3.71. The lowest BCUT2D eigenvalue weighted by atomic mass is 9.95. The van der Waals surface area contributed by atoms with E-state index in [0.717, 1.165) is 6.42 Å². The van der Waals surface area contributed by atoms with Gasteiger partial charge in [0.25, 0.3) is 0 Å². The van der Waals surface area contributed by atoms with Crippen LogP contribution in [-0.2, 0) is 6.42 Å². The van der Waals surface area contributed by atoms with Gasteiger partial charge in [0.15, 0.2) is 0 Å². The van der Waals surface area contributed by atoms with E-state index in [-0.39, 0.29) is 6.04 Å². The van der Waals surface area contributed by atoms with E-state index >= 15 is 0 Å². The van der Waals surface area contributed by atoms with Crippen molar-refractivity contribution in [1.29, 1.82) is 0 Å². The van der Waals surface area contributed by atoms with Crippen molar-refractivity contribution in [2.45, 2.75) is 12.5 Å². The second-order valence-corrected chi connectivity index (χ2v) is 7.64. The van der Waals surface area contributed by atoms with Crippen LogP contribution in [0.15, 0.2) is 120 Å². The fourth-order valence-corrected chi connectivity index (χ4v) is 4.00. The molecule has 0 aromatic heterocycles. The summed E-state index contributed by atoms with van der Waals surface area (Å²) in [5.74, 6) is 0. The minimum atomic E-state index is -0.0251. The fraction of sp³-hybridized carbons (Fsp3) is 0.0690. The van der Waals surface area contributed by atoms with Crippen LogP contribution in [0.2, 0.25) is 0 Å². The summed E-state index contributed by atoms with van der Waals surface area (Å²) in [7, 11) is 0. The highest BCUT2D eigenvalue weighted by molar-refractivity contribution is 5.85. The van der Waals surface area contributed by atoms with Gasteiger partial charge in [-0.3, -0.25) is 4.99 Å². The monoisotopic (exact) mass is 385 g/mol. The van der Waals surface area contributed by atoms with Gasteiger partial charge in [0.05, 0.1) is 6.04 Å². The Morgan fingerprint density at radius 1 is 0.533 bits per heavy atom. The molecule has 0 N–H and O–H groups in total. The van der Waals surface area contributed by atoms with Gasteiger partial charge in [-0.25, -0.2) is 0 Å². The summed E-state index contributed by atoms with van der Waals surface area (Å²) in [5, 5.41) is 5.01. The van der Waals surface area contributed by atoms with Crippen molar-refractivity contribution >= 4 is 27.8 Å². The minimum Gasteiger partial charge on any atom is -0.284 e. The standard InChI is InChI=1S/C29H23N/c1-2-8-22(9-3-1)18-19-30-29(27-16-14-23-10-4-6-12-25(23)20-27)28-17-15-24-11-5-7-13-26(24)21-28/h1-17,19-21,29H,18H2. The number of hydrogen-bond acceptors (Lipinski definition) is 1. The molecule has 0 saturated heterocycles. The van der Waals surface area contributed by atoms with Crippen LogP contribution in [0.4, 0.5) is 0 Å². The van der Waals surface area contributed by atoms with Gasteiger partial charge < -0.3 is 0 Å². The highest BCUT2D eigenvalue weighted by atomic mass is 14.8. The van der Waals surface area contributed by atoms with Gasteiger partial charge in [0, 0.05) is 12.6 Å². The first-order valence-electron chi connectivity index (χ1n) is 10.4. The first-order valence-corrected chi connectivity index (χ1v) is 10.4. The van der Waals surface area contributed by atoms with Crippen molar-refractivity contribution in [2.75, 3.05) is 0 Å². The Balaban J connectivity index is 1.56. The Bertz CT molecular complexity index is 1240. The maximum atomic E-state index is 5.05. The van der Waals surface area contributed by atoms with E-state index in [0.29, 0.717) is 0 Å². The first-order chi connectivity index (χ1) is 14.9. The number of nitrogens with zero attached hydrogens (tertiary/aromatic N) is 1. The Labute approximate surface area is 177 Å². The predicted molar refractivity (Wildman–Crippen MR) is 128 cm³/mol. The summed E-state index contributed by atoms with van der Waals surface area (Å²) in [4.78, 5) is 5.05. The van der Waals surface area contributed by atoms with E-state index in [1.54, 1.807) is 0 Å². The molecule has 0 spiro atoms. The largest absolute Gasteiger partial charge is 0.284 e. The van der Waals surface area contributed by atoms with Crippen molar-refractivity contribution in [3.8, 4) is 0 Å². The lowest BCUT2D eigenvalue weighted by molar-refractivity contribution is 0.878. The molecular weight excluding hydrogens is 362 g/mol. The number of rotatable bonds is 5. The quantitative estimate of drug-likeness (QED) is 0.280. The Kier molecular flexibility index (Phi) is 5.10. The Morgan fingerprint density at radius 3 is 1.60 bits per heavy atom. The van der Waals surface area contributed by atoms with Crippen LogP contribution in [0.5, 0.6) is 0 Å². The highest BCUT2D eigenvalue weighted by Gasteiger charge is 2.13. The molecule has 144 valence electrons. The maximum absolute atomic E-state index is 5.05. The Morgan fingerprint density at radius 2 is 1.03 bits per heavy atom. The van der Waals surface area contributed by atoms with E-state index in [1.807, 2.05) is 6.07 Å². The molecule has 0 bridgehead atoms. The number of aliphatic imine (C=N–C) groups is 1. The van der Waals surface area contributed by atoms with Crippen LogP contribution in [0.25, 0.3) is 21.5 Å². The third-order valence-electron chi connectivity index (χ3n) is 5.60. The lowest BCUT2D eigenvalue weighted by Crippen LogP contribution is -2.00. The van der Waals surface area contributed by atoms with E-state index in [2.05, 4.69) is 115 Å². The average molecular weight is 386 g/mol. The van der Waals surface area contributed by atoms with Gasteiger partial charge in [-0.15, -0.1) is 0 Å². The zero-order chi connectivity index (χ0) is 20.2. The zero-order valence-corrected chi connectivity index (χ0v) is 16.8. The highest BCUT2D eigenvalue weighted by Crippen LogP contribution is 2.30. The topological polar surface area (TPSA) is 12.4 Å². The zero-order valence-electron chi connectivity index (χ0n) is 16.8. The van der Waals surface area contributed by atoms with E-state index < -0.39 is 0 Å². The summed E-state index contributed by atoms with van der Waals surface area (Å²) in [6.07, 6.45) is 2.89. The smallest absolute Gasteiger partial charge is 0.0996 e. The molecule has 5 rings (SSSR count). The molecule has 30 heavy (non-hydrogen) atoms. The van der Waals surface area contributed by atoms with Gasteiger partial charge in [-0.05, 0) is 50.4 Å². The van der Waals surface area contributed by atoms with Gasteiger partial charge in [-0.1, -0.05) is 103 Å². The average Bonchev–Trinajstić information content (AvgIpc) is 2.82. The molecule has 1 heteroatoms. The third kappa shape index (κ3) is 3.88. The second-order valence-electron chi connectivity index (χ2n) is 7.64. The normalized spacial score (nSPS) is 11.6. The Hall–Kier alpha value is -3.71. The lowest BCUT2D eigenvalue weighted by Gasteiger charge is -2.15. The number of fused-ring (bicyclic) bond motifs is 2. The predicted octanol–water partition coefficient (Wildman–Crippen LogP) is 7.40. The number of benzene rings is 5. The molecule has 0 atom stereocenters. The number of hydrogen-bond donors (Lipinski definition) is 0. The molecule has 0 heterocycles. The van der Waals surface area contributed by atoms with Crippen molar-refractivity contribution in [1.82, 2.24) is 0 Å². The molecule has 1 nitrogen and oxygen atoms in total. The summed E-state index contributed by atoms with van der Waals surface area (Å²) in [6, 6.07) is 40.8. The van der Waals surface area contributed by atoms with Crippen LogP contribution in [0.3, 0.4) is 0 Å². The van der Waals surface area contributed by atoms with Gasteiger partial charge in [-0.2, -0.15) is 0 Å². The van der Waals surface area contributed by atoms with Gasteiger partial charge >= 0.3 is 0 Å². The SMILES string of the molecule is C(Cc1ccccc1)=NC(c1ccc2ccccc2c1)c1ccc2ccccc2c1. The molecule has 5 aromatic rings. The van der Waals surface area contributed by atoms with Crippen molar-refractivity contribution < 1.29 is 0 Å². The maximum Gasteiger partial charge on any atom is 0.0996 e. The molecule has 0 saturated carbocycles. The van der Waals surface area contributed by atoms with E-state index in [1.165, 1.54) is 38.2 Å². The second kappa shape index (κ2) is 8.34. The molecule has 0 aliphatic rings. The van der Waals surface area contributed by atoms with Crippen LogP contribution in [0, 0.1) is 0 Å².